The maximum atomic E-state index is 12.6. The fraction of sp³-hybridized carbons (Fsp3) is 0.167. The number of hydrogen-bond donors (Lipinski definition) is 1. The van der Waals surface area contributed by atoms with Crippen LogP contribution in [0, 0.1) is 6.92 Å². The lowest BCUT2D eigenvalue weighted by atomic mass is 10.2. The van der Waals surface area contributed by atoms with Crippen molar-refractivity contribution in [3.8, 4) is 0 Å². The first-order valence-electron chi connectivity index (χ1n) is 7.77. The van der Waals surface area contributed by atoms with Crippen molar-refractivity contribution in [1.29, 1.82) is 0 Å². The number of nitrogens with one attached hydrogen (secondary N) is 1. The number of anilines is 2. The molecule has 4 aromatic rings. The Bertz CT molecular complexity index is 1100. The molecule has 126 valence electrons. The first-order chi connectivity index (χ1) is 12.0. The zero-order valence-corrected chi connectivity index (χ0v) is 15.7. The normalized spacial score (nSPS) is 11.2. The summed E-state index contributed by atoms with van der Waals surface area (Å²) in [5.74, 6) is -0.153. The van der Waals surface area contributed by atoms with E-state index in [1.54, 1.807) is 17.4 Å². The van der Waals surface area contributed by atoms with Crippen LogP contribution in [0.3, 0.4) is 0 Å². The van der Waals surface area contributed by atoms with E-state index >= 15 is 0 Å². The fourth-order valence-electron chi connectivity index (χ4n) is 2.63. The van der Waals surface area contributed by atoms with Crippen molar-refractivity contribution in [3.63, 3.8) is 0 Å². The predicted octanol–water partition coefficient (Wildman–Crippen LogP) is 4.53. The highest BCUT2D eigenvalue weighted by Gasteiger charge is 2.14. The number of fused-ring (bicyclic) bond motifs is 3. The van der Waals surface area contributed by atoms with Gasteiger partial charge in [0.2, 0.25) is 0 Å². The number of thiazole rings is 2. The molecule has 1 N–H and O–H groups in total. The molecule has 0 atom stereocenters. The van der Waals surface area contributed by atoms with E-state index in [9.17, 15) is 4.79 Å². The molecule has 7 heteroatoms. The second kappa shape index (κ2) is 6.09. The van der Waals surface area contributed by atoms with Gasteiger partial charge in [0.1, 0.15) is 0 Å². The average molecular weight is 368 g/mol. The third-order valence-electron chi connectivity index (χ3n) is 3.86. The van der Waals surface area contributed by atoms with E-state index in [0.29, 0.717) is 10.7 Å². The zero-order chi connectivity index (χ0) is 17.6. The van der Waals surface area contributed by atoms with Crippen LogP contribution in [0.1, 0.15) is 15.4 Å². The maximum Gasteiger partial charge on any atom is 0.257 e. The van der Waals surface area contributed by atoms with E-state index in [1.807, 2.05) is 56.3 Å². The van der Waals surface area contributed by atoms with E-state index in [-0.39, 0.29) is 5.91 Å². The number of benzene rings is 2. The minimum atomic E-state index is -0.153. The van der Waals surface area contributed by atoms with Crippen molar-refractivity contribution in [3.05, 3.63) is 47.0 Å². The summed E-state index contributed by atoms with van der Waals surface area (Å²) in [5, 5.41) is 4.55. The Hall–Kier alpha value is -2.51. The molecule has 5 nitrogen and oxygen atoms in total. The third kappa shape index (κ3) is 2.96. The number of amides is 1. The third-order valence-corrected chi connectivity index (χ3v) is 6.00. The van der Waals surface area contributed by atoms with Gasteiger partial charge >= 0.3 is 0 Å². The summed E-state index contributed by atoms with van der Waals surface area (Å²) in [4.78, 5) is 23.6. The highest BCUT2D eigenvalue weighted by Crippen LogP contribution is 2.35. The molecule has 0 radical (unpaired) electrons. The molecule has 4 rings (SSSR count). The first-order valence-corrected chi connectivity index (χ1v) is 9.40. The molecule has 2 aromatic heterocycles. The zero-order valence-electron chi connectivity index (χ0n) is 14.0. The molecular weight excluding hydrogens is 352 g/mol. The van der Waals surface area contributed by atoms with Crippen LogP contribution in [0.2, 0.25) is 0 Å². The predicted molar refractivity (Wildman–Crippen MR) is 106 cm³/mol. The van der Waals surface area contributed by atoms with E-state index < -0.39 is 0 Å². The van der Waals surface area contributed by atoms with Gasteiger partial charge in [-0.15, -0.1) is 11.3 Å². The first kappa shape index (κ1) is 16.0. The van der Waals surface area contributed by atoms with Crippen molar-refractivity contribution >= 4 is 59.8 Å². The molecule has 0 aliphatic carbocycles. The van der Waals surface area contributed by atoms with Gasteiger partial charge in [-0.25, -0.2) is 9.97 Å². The van der Waals surface area contributed by atoms with Gasteiger partial charge in [-0.1, -0.05) is 17.4 Å². The summed E-state index contributed by atoms with van der Waals surface area (Å²) in [7, 11) is 3.90. The van der Waals surface area contributed by atoms with Crippen LogP contribution in [0.4, 0.5) is 10.8 Å². The molecule has 1 amide bonds. The van der Waals surface area contributed by atoms with Gasteiger partial charge in [0.25, 0.3) is 5.91 Å². The van der Waals surface area contributed by atoms with Crippen molar-refractivity contribution < 1.29 is 4.79 Å². The molecule has 2 heterocycles. The Morgan fingerprint density at radius 2 is 1.76 bits per heavy atom. The number of nitrogens with zero attached hydrogens (tertiary/aromatic N) is 3. The number of carbonyl (C=O) groups is 1. The standard InChI is InChI=1S/C18H16N4OS2/c1-10-19-13-7-8-14-16(15(13)24-10)25-18(20-14)21-17(23)11-5-4-6-12(9-11)22(2)3/h4-9H,1-3H3,(H,20,21,23). The molecule has 0 aliphatic heterocycles. The molecule has 25 heavy (non-hydrogen) atoms. The Morgan fingerprint density at radius 3 is 2.52 bits per heavy atom. The molecule has 0 aliphatic rings. The molecule has 0 unspecified atom stereocenters. The highest BCUT2D eigenvalue weighted by molar-refractivity contribution is 7.28. The number of hydrogen-bond acceptors (Lipinski definition) is 6. The Labute approximate surface area is 153 Å². The molecule has 0 bridgehead atoms. The number of aryl methyl sites for hydroxylation is 1. The van der Waals surface area contributed by atoms with Crippen LogP contribution < -0.4 is 10.2 Å². The lowest BCUT2D eigenvalue weighted by Crippen LogP contribution is -2.14. The van der Waals surface area contributed by atoms with Gasteiger partial charge in [0.05, 0.1) is 25.4 Å². The van der Waals surface area contributed by atoms with Crippen molar-refractivity contribution in [2.75, 3.05) is 24.3 Å². The smallest absolute Gasteiger partial charge is 0.257 e. The van der Waals surface area contributed by atoms with Gasteiger partial charge in [-0.3, -0.25) is 10.1 Å². The van der Waals surface area contributed by atoms with Gasteiger partial charge in [0.15, 0.2) is 5.13 Å². The van der Waals surface area contributed by atoms with Gasteiger partial charge in [-0.2, -0.15) is 0 Å². The summed E-state index contributed by atoms with van der Waals surface area (Å²) in [6, 6.07) is 11.5. The summed E-state index contributed by atoms with van der Waals surface area (Å²) in [6.45, 7) is 2.00. The van der Waals surface area contributed by atoms with Crippen molar-refractivity contribution in [2.45, 2.75) is 6.92 Å². The van der Waals surface area contributed by atoms with Crippen LogP contribution in [-0.4, -0.2) is 30.0 Å². The maximum absolute atomic E-state index is 12.6. The summed E-state index contributed by atoms with van der Waals surface area (Å²) in [5.41, 5.74) is 3.47. The minimum absolute atomic E-state index is 0.153. The Morgan fingerprint density at radius 1 is 1.04 bits per heavy atom. The quantitative estimate of drug-likeness (QED) is 0.577. The topological polar surface area (TPSA) is 58.1 Å². The van der Waals surface area contributed by atoms with Crippen LogP contribution in [0.5, 0.6) is 0 Å². The van der Waals surface area contributed by atoms with Crippen LogP contribution >= 0.6 is 22.7 Å². The summed E-state index contributed by atoms with van der Waals surface area (Å²) >= 11 is 3.15. The highest BCUT2D eigenvalue weighted by atomic mass is 32.1. The fourth-order valence-corrected chi connectivity index (χ4v) is 4.63. The molecule has 0 spiro atoms. The minimum Gasteiger partial charge on any atom is -0.378 e. The number of aromatic nitrogens is 2. The Balaban J connectivity index is 1.67. The number of carbonyl (C=O) groups excluding carboxylic acids is 1. The van der Waals surface area contributed by atoms with E-state index in [0.717, 1.165) is 31.1 Å². The molecule has 0 saturated heterocycles. The van der Waals surface area contributed by atoms with Crippen LogP contribution in [0.25, 0.3) is 20.4 Å². The van der Waals surface area contributed by atoms with Crippen LogP contribution in [-0.2, 0) is 0 Å². The monoisotopic (exact) mass is 368 g/mol. The summed E-state index contributed by atoms with van der Waals surface area (Å²) < 4.78 is 2.20. The molecule has 2 aromatic carbocycles. The summed E-state index contributed by atoms with van der Waals surface area (Å²) in [6.07, 6.45) is 0. The van der Waals surface area contributed by atoms with Gasteiger partial charge in [0, 0.05) is 25.3 Å². The lowest BCUT2D eigenvalue weighted by Gasteiger charge is -2.13. The Kier molecular flexibility index (Phi) is 3.89. The van der Waals surface area contributed by atoms with Crippen molar-refractivity contribution in [1.82, 2.24) is 9.97 Å². The largest absolute Gasteiger partial charge is 0.378 e. The molecule has 0 saturated carbocycles. The van der Waals surface area contributed by atoms with Crippen LogP contribution in [0.15, 0.2) is 36.4 Å². The van der Waals surface area contributed by atoms with Crippen molar-refractivity contribution in [2.24, 2.45) is 0 Å². The van der Waals surface area contributed by atoms with Gasteiger partial charge in [-0.05, 0) is 37.3 Å². The van der Waals surface area contributed by atoms with Gasteiger partial charge < -0.3 is 4.90 Å². The average Bonchev–Trinajstić information content (AvgIpc) is 3.16. The lowest BCUT2D eigenvalue weighted by molar-refractivity contribution is 0.102. The second-order valence-corrected chi connectivity index (χ2v) is 8.12. The number of rotatable bonds is 3. The van der Waals surface area contributed by atoms with E-state index in [4.69, 9.17) is 0 Å². The SMILES string of the molecule is Cc1nc2ccc3nc(NC(=O)c4cccc(N(C)C)c4)sc3c2s1. The van der Waals surface area contributed by atoms with E-state index in [2.05, 4.69) is 15.3 Å². The molecule has 0 fully saturated rings. The molecular formula is C18H16N4OS2. The second-order valence-electron chi connectivity index (χ2n) is 5.91. The van der Waals surface area contributed by atoms with E-state index in [1.165, 1.54) is 11.3 Å².